The van der Waals surface area contributed by atoms with Gasteiger partial charge in [-0.2, -0.15) is 0 Å². The Balaban J connectivity index is 2.35. The Kier molecular flexibility index (Phi) is 2.83. The lowest BCUT2D eigenvalue weighted by Gasteiger charge is -2.20. The minimum absolute atomic E-state index is 0.440. The third-order valence-electron chi connectivity index (χ3n) is 3.63. The molecule has 1 saturated carbocycles. The zero-order valence-corrected chi connectivity index (χ0v) is 9.79. The van der Waals surface area contributed by atoms with E-state index in [1.807, 2.05) is 0 Å². The van der Waals surface area contributed by atoms with Gasteiger partial charge in [-0.15, -0.1) is 0 Å². The Morgan fingerprint density at radius 2 is 1.93 bits per heavy atom. The van der Waals surface area contributed by atoms with Crippen molar-refractivity contribution in [2.24, 2.45) is 5.73 Å². The molecule has 0 aliphatic heterocycles. The van der Waals surface area contributed by atoms with Gasteiger partial charge in [-0.25, -0.2) is 0 Å². The summed E-state index contributed by atoms with van der Waals surface area (Å²) < 4.78 is 0. The highest BCUT2D eigenvalue weighted by Gasteiger charge is 2.44. The van der Waals surface area contributed by atoms with E-state index in [1.54, 1.807) is 5.56 Å². The average molecular weight is 203 g/mol. The molecule has 2 N–H and O–H groups in total. The first-order chi connectivity index (χ1) is 7.19. The highest BCUT2D eigenvalue weighted by atomic mass is 14.6. The monoisotopic (exact) mass is 203 g/mol. The average Bonchev–Trinajstić information content (AvgIpc) is 2.99. The summed E-state index contributed by atoms with van der Waals surface area (Å²) in [6.45, 7) is 5.36. The summed E-state index contributed by atoms with van der Waals surface area (Å²) in [5, 5.41) is 0. The van der Waals surface area contributed by atoms with Crippen molar-refractivity contribution >= 4 is 0 Å². The van der Waals surface area contributed by atoms with E-state index in [0.717, 1.165) is 13.0 Å². The molecule has 0 unspecified atom stereocenters. The van der Waals surface area contributed by atoms with Crippen molar-refractivity contribution in [3.63, 3.8) is 0 Å². The van der Waals surface area contributed by atoms with Gasteiger partial charge >= 0.3 is 0 Å². The smallest absolute Gasteiger partial charge is 0.00315 e. The minimum Gasteiger partial charge on any atom is -0.330 e. The predicted octanol–water partition coefficient (Wildman–Crippen LogP) is 3.19. The van der Waals surface area contributed by atoms with Crippen molar-refractivity contribution in [1.82, 2.24) is 0 Å². The van der Waals surface area contributed by atoms with Crippen LogP contribution >= 0.6 is 0 Å². The van der Waals surface area contributed by atoms with E-state index in [0.29, 0.717) is 11.3 Å². The maximum atomic E-state index is 5.72. The van der Waals surface area contributed by atoms with Gasteiger partial charge in [0.1, 0.15) is 0 Å². The second kappa shape index (κ2) is 3.97. The van der Waals surface area contributed by atoms with Crippen LogP contribution < -0.4 is 5.73 Å². The molecule has 15 heavy (non-hydrogen) atoms. The molecule has 1 fully saturated rings. The molecule has 1 heteroatoms. The van der Waals surface area contributed by atoms with Crippen LogP contribution in [0.4, 0.5) is 0 Å². The minimum atomic E-state index is 0.440. The SMILES string of the molecule is CC(C)c1ccccc1C1(CCN)CC1. The molecule has 0 radical (unpaired) electrons. The third-order valence-corrected chi connectivity index (χ3v) is 3.63. The fourth-order valence-electron chi connectivity index (χ4n) is 2.56. The van der Waals surface area contributed by atoms with Crippen LogP contribution in [0.1, 0.15) is 50.2 Å². The number of nitrogens with two attached hydrogens (primary N) is 1. The highest BCUT2D eigenvalue weighted by Crippen LogP contribution is 2.52. The molecule has 1 aliphatic carbocycles. The molecule has 0 bridgehead atoms. The summed E-state index contributed by atoms with van der Waals surface area (Å²) in [5.74, 6) is 0.622. The quantitative estimate of drug-likeness (QED) is 0.799. The van der Waals surface area contributed by atoms with Crippen molar-refractivity contribution < 1.29 is 0 Å². The predicted molar refractivity (Wildman–Crippen MR) is 65.1 cm³/mol. The standard InChI is InChI=1S/C14H21N/c1-11(2)12-5-3-4-6-13(12)14(7-8-14)9-10-15/h3-6,11H,7-10,15H2,1-2H3. The van der Waals surface area contributed by atoms with Gasteiger partial charge in [0.25, 0.3) is 0 Å². The molecule has 1 aliphatic rings. The first-order valence-electron chi connectivity index (χ1n) is 5.99. The van der Waals surface area contributed by atoms with Gasteiger partial charge in [-0.1, -0.05) is 38.1 Å². The molecule has 0 saturated heterocycles. The fraction of sp³-hybridized carbons (Fsp3) is 0.571. The molecule has 0 atom stereocenters. The van der Waals surface area contributed by atoms with Gasteiger partial charge < -0.3 is 5.73 Å². The van der Waals surface area contributed by atoms with E-state index in [1.165, 1.54) is 18.4 Å². The largest absolute Gasteiger partial charge is 0.330 e. The lowest BCUT2D eigenvalue weighted by molar-refractivity contribution is 0.616. The zero-order chi connectivity index (χ0) is 10.9. The molecule has 1 nitrogen and oxygen atoms in total. The zero-order valence-electron chi connectivity index (χ0n) is 9.79. The van der Waals surface area contributed by atoms with Crippen molar-refractivity contribution in [1.29, 1.82) is 0 Å². The number of hydrogen-bond acceptors (Lipinski definition) is 1. The molecule has 82 valence electrons. The van der Waals surface area contributed by atoms with Crippen LogP contribution in [-0.4, -0.2) is 6.54 Å². The molecule has 2 rings (SSSR count). The summed E-state index contributed by atoms with van der Waals surface area (Å²) in [6, 6.07) is 8.89. The Labute approximate surface area is 92.7 Å². The second-order valence-corrected chi connectivity index (χ2v) is 5.06. The summed E-state index contributed by atoms with van der Waals surface area (Å²) in [4.78, 5) is 0. The lowest BCUT2D eigenvalue weighted by atomic mass is 9.85. The lowest BCUT2D eigenvalue weighted by Crippen LogP contribution is -2.15. The van der Waals surface area contributed by atoms with Gasteiger partial charge in [0.15, 0.2) is 0 Å². The van der Waals surface area contributed by atoms with E-state index in [2.05, 4.69) is 38.1 Å². The van der Waals surface area contributed by atoms with Crippen LogP contribution in [0.3, 0.4) is 0 Å². The molecular formula is C14H21N. The molecule has 0 amide bonds. The molecule has 0 aromatic heterocycles. The summed E-state index contributed by atoms with van der Waals surface area (Å²) in [5.41, 5.74) is 9.24. The van der Waals surface area contributed by atoms with E-state index in [9.17, 15) is 0 Å². The second-order valence-electron chi connectivity index (χ2n) is 5.06. The fourth-order valence-corrected chi connectivity index (χ4v) is 2.56. The maximum Gasteiger partial charge on any atom is -0.00315 e. The first kappa shape index (κ1) is 10.7. The van der Waals surface area contributed by atoms with Gasteiger partial charge in [-0.3, -0.25) is 0 Å². The van der Waals surface area contributed by atoms with E-state index in [-0.39, 0.29) is 0 Å². The molecule has 1 aromatic carbocycles. The van der Waals surface area contributed by atoms with Gasteiger partial charge in [0.05, 0.1) is 0 Å². The summed E-state index contributed by atoms with van der Waals surface area (Å²) in [6.07, 6.45) is 3.80. The van der Waals surface area contributed by atoms with Gasteiger partial charge in [0.2, 0.25) is 0 Å². The third kappa shape index (κ3) is 1.93. The molecule has 1 aromatic rings. The van der Waals surface area contributed by atoms with Gasteiger partial charge in [-0.05, 0) is 48.3 Å². The van der Waals surface area contributed by atoms with Crippen LogP contribution in [0.15, 0.2) is 24.3 Å². The summed E-state index contributed by atoms with van der Waals surface area (Å²) >= 11 is 0. The normalized spacial score (nSPS) is 18.1. The van der Waals surface area contributed by atoms with Crippen molar-refractivity contribution in [2.75, 3.05) is 6.54 Å². The van der Waals surface area contributed by atoms with Crippen LogP contribution in [-0.2, 0) is 5.41 Å². The Morgan fingerprint density at radius 1 is 1.27 bits per heavy atom. The van der Waals surface area contributed by atoms with E-state index < -0.39 is 0 Å². The molecular weight excluding hydrogens is 182 g/mol. The first-order valence-corrected chi connectivity index (χ1v) is 5.99. The Hall–Kier alpha value is -0.820. The number of rotatable bonds is 4. The number of hydrogen-bond donors (Lipinski definition) is 1. The Morgan fingerprint density at radius 3 is 2.47 bits per heavy atom. The van der Waals surface area contributed by atoms with Crippen molar-refractivity contribution in [3.8, 4) is 0 Å². The van der Waals surface area contributed by atoms with Crippen LogP contribution in [0.5, 0.6) is 0 Å². The summed E-state index contributed by atoms with van der Waals surface area (Å²) in [7, 11) is 0. The van der Waals surface area contributed by atoms with E-state index in [4.69, 9.17) is 5.73 Å². The van der Waals surface area contributed by atoms with Crippen molar-refractivity contribution in [2.45, 2.75) is 44.4 Å². The number of benzene rings is 1. The van der Waals surface area contributed by atoms with Gasteiger partial charge in [0, 0.05) is 0 Å². The van der Waals surface area contributed by atoms with Crippen molar-refractivity contribution in [3.05, 3.63) is 35.4 Å². The topological polar surface area (TPSA) is 26.0 Å². The van der Waals surface area contributed by atoms with Crippen LogP contribution in [0.2, 0.25) is 0 Å². The Bertz CT molecular complexity index is 337. The van der Waals surface area contributed by atoms with Crippen LogP contribution in [0, 0.1) is 0 Å². The maximum absolute atomic E-state index is 5.72. The molecule has 0 spiro atoms. The molecule has 0 heterocycles. The highest BCUT2D eigenvalue weighted by molar-refractivity contribution is 5.40. The van der Waals surface area contributed by atoms with E-state index >= 15 is 0 Å². The van der Waals surface area contributed by atoms with Crippen LogP contribution in [0.25, 0.3) is 0 Å².